The first-order valence-electron chi connectivity index (χ1n) is 11.3. The molecule has 2 heterocycles. The van der Waals surface area contributed by atoms with E-state index < -0.39 is 17.9 Å². The molecule has 0 spiro atoms. The zero-order chi connectivity index (χ0) is 25.8. The molecule has 0 aliphatic carbocycles. The molecule has 2 N–H and O–H groups in total. The Balaban J connectivity index is 1.51. The number of benzene rings is 2. The van der Waals surface area contributed by atoms with Gasteiger partial charge >= 0.3 is 5.97 Å². The molecular formula is C26H26BrN5O4. The third-order valence-corrected chi connectivity index (χ3v) is 6.09. The molecule has 1 amide bonds. The van der Waals surface area contributed by atoms with Gasteiger partial charge < -0.3 is 24.7 Å². The molecule has 4 rings (SSSR count). The summed E-state index contributed by atoms with van der Waals surface area (Å²) >= 11 is 3.44. The highest BCUT2D eigenvalue weighted by molar-refractivity contribution is 9.10. The van der Waals surface area contributed by atoms with E-state index in [2.05, 4.69) is 31.5 Å². The van der Waals surface area contributed by atoms with Crippen LogP contribution >= 0.6 is 15.9 Å². The van der Waals surface area contributed by atoms with Crippen LogP contribution in [0.25, 0.3) is 11.0 Å². The van der Waals surface area contributed by atoms with Crippen LogP contribution in [0.4, 0.5) is 11.6 Å². The maximum atomic E-state index is 12.7. The van der Waals surface area contributed by atoms with Gasteiger partial charge in [0.15, 0.2) is 0 Å². The fraction of sp³-hybridized carbons (Fsp3) is 0.231. The van der Waals surface area contributed by atoms with E-state index in [1.54, 1.807) is 6.07 Å². The van der Waals surface area contributed by atoms with E-state index >= 15 is 0 Å². The number of aromatic nitrogens is 3. The van der Waals surface area contributed by atoms with Crippen LogP contribution in [-0.2, 0) is 16.6 Å². The Morgan fingerprint density at radius 1 is 1.03 bits per heavy atom. The monoisotopic (exact) mass is 551 g/mol. The summed E-state index contributed by atoms with van der Waals surface area (Å²) in [4.78, 5) is 33.5. The van der Waals surface area contributed by atoms with Crippen LogP contribution in [0.2, 0.25) is 0 Å². The number of amides is 1. The van der Waals surface area contributed by atoms with Gasteiger partial charge in [0.2, 0.25) is 5.95 Å². The number of carbonyl (C=O) groups is 2. The van der Waals surface area contributed by atoms with Crippen molar-refractivity contribution in [3.63, 3.8) is 0 Å². The van der Waals surface area contributed by atoms with Gasteiger partial charge in [-0.2, -0.15) is 0 Å². The van der Waals surface area contributed by atoms with E-state index in [0.29, 0.717) is 17.4 Å². The van der Waals surface area contributed by atoms with E-state index in [-0.39, 0.29) is 11.6 Å². The van der Waals surface area contributed by atoms with Crippen molar-refractivity contribution >= 4 is 50.5 Å². The van der Waals surface area contributed by atoms with Gasteiger partial charge in [-0.15, -0.1) is 0 Å². The Morgan fingerprint density at radius 2 is 1.75 bits per heavy atom. The van der Waals surface area contributed by atoms with Gasteiger partial charge in [-0.25, -0.2) is 9.78 Å². The molecule has 10 heteroatoms. The predicted octanol–water partition coefficient (Wildman–Crippen LogP) is 5.19. The number of pyridine rings is 1. The second-order valence-electron chi connectivity index (χ2n) is 8.47. The Bertz CT molecular complexity index is 1400. The first-order valence-corrected chi connectivity index (χ1v) is 12.1. The van der Waals surface area contributed by atoms with Crippen LogP contribution < -0.4 is 15.4 Å². The topological polar surface area (TPSA) is 107 Å². The van der Waals surface area contributed by atoms with Gasteiger partial charge in [0.05, 0.1) is 18.1 Å². The summed E-state index contributed by atoms with van der Waals surface area (Å²) < 4.78 is 13.7. The number of nitrogens with one attached hydrogen (secondary N) is 2. The summed E-state index contributed by atoms with van der Waals surface area (Å²) in [7, 11) is 3.22. The van der Waals surface area contributed by atoms with Crippen molar-refractivity contribution in [2.24, 2.45) is 13.0 Å². The first-order chi connectivity index (χ1) is 17.2. The second-order valence-corrected chi connectivity index (χ2v) is 9.39. The van der Waals surface area contributed by atoms with Crippen molar-refractivity contribution in [3.05, 3.63) is 71.0 Å². The summed E-state index contributed by atoms with van der Waals surface area (Å²) in [5, 5.41) is 5.99. The minimum Gasteiger partial charge on any atom is -0.467 e. The van der Waals surface area contributed by atoms with E-state index in [9.17, 15) is 9.59 Å². The number of imidazole rings is 1. The Labute approximate surface area is 217 Å². The Morgan fingerprint density at radius 3 is 2.44 bits per heavy atom. The van der Waals surface area contributed by atoms with Crippen LogP contribution in [0.5, 0.6) is 11.5 Å². The highest BCUT2D eigenvalue weighted by Gasteiger charge is 2.26. The van der Waals surface area contributed by atoms with Crippen molar-refractivity contribution in [1.29, 1.82) is 0 Å². The van der Waals surface area contributed by atoms with Crippen molar-refractivity contribution < 1.29 is 19.1 Å². The lowest BCUT2D eigenvalue weighted by Gasteiger charge is -2.19. The number of hydrogen-bond acceptors (Lipinski definition) is 7. The fourth-order valence-corrected chi connectivity index (χ4v) is 3.86. The molecule has 0 bridgehead atoms. The third-order valence-electron chi connectivity index (χ3n) is 5.56. The molecule has 0 unspecified atom stereocenters. The van der Waals surface area contributed by atoms with Crippen molar-refractivity contribution in [1.82, 2.24) is 19.9 Å². The van der Waals surface area contributed by atoms with Gasteiger partial charge in [-0.1, -0.05) is 29.8 Å². The summed E-state index contributed by atoms with van der Waals surface area (Å²) in [6, 6.07) is 15.8. The number of rotatable bonds is 8. The molecule has 0 saturated carbocycles. The molecule has 186 valence electrons. The first kappa shape index (κ1) is 25.2. The number of nitrogens with zero attached hydrogens (tertiary/aromatic N) is 3. The zero-order valence-corrected chi connectivity index (χ0v) is 21.9. The van der Waals surface area contributed by atoms with Gasteiger partial charge in [0.25, 0.3) is 5.91 Å². The molecule has 1 atom stereocenters. The SMILES string of the molecule is COC(=O)[C@@H](NC(=O)c1cc(Oc2ccc3c(c2)nc(Nc2ccc(Br)cc2)n3C)ccn1)C(C)C. The lowest BCUT2D eigenvalue weighted by Crippen LogP contribution is -2.45. The maximum Gasteiger partial charge on any atom is 0.328 e. The van der Waals surface area contributed by atoms with Gasteiger partial charge in [0.1, 0.15) is 23.2 Å². The van der Waals surface area contributed by atoms with Crippen molar-refractivity contribution in [2.75, 3.05) is 12.4 Å². The molecule has 2 aromatic heterocycles. The number of ether oxygens (including phenoxy) is 2. The number of carbonyl (C=O) groups excluding carboxylic acids is 2. The molecule has 0 radical (unpaired) electrons. The van der Waals surface area contributed by atoms with Gasteiger partial charge in [-0.05, 0) is 48.4 Å². The minimum atomic E-state index is -0.777. The number of hydrogen-bond donors (Lipinski definition) is 2. The number of fused-ring (bicyclic) bond motifs is 1. The maximum absolute atomic E-state index is 12.7. The molecule has 0 fully saturated rings. The molecular weight excluding hydrogens is 526 g/mol. The summed E-state index contributed by atoms with van der Waals surface area (Å²) in [6.07, 6.45) is 1.48. The quantitative estimate of drug-likeness (QED) is 0.290. The average molecular weight is 552 g/mol. The highest BCUT2D eigenvalue weighted by atomic mass is 79.9. The Kier molecular flexibility index (Phi) is 7.54. The van der Waals surface area contributed by atoms with Crippen LogP contribution in [0.1, 0.15) is 24.3 Å². The van der Waals surface area contributed by atoms with Gasteiger partial charge in [-0.3, -0.25) is 9.78 Å². The average Bonchev–Trinajstić information content (AvgIpc) is 3.17. The van der Waals surface area contributed by atoms with Crippen molar-refractivity contribution in [3.8, 4) is 11.5 Å². The Hall–Kier alpha value is -3.92. The van der Waals surface area contributed by atoms with E-state index in [1.807, 2.05) is 67.9 Å². The molecule has 4 aromatic rings. The van der Waals surface area contributed by atoms with Gasteiger partial charge in [0, 0.05) is 35.5 Å². The minimum absolute atomic E-state index is 0.127. The molecule has 0 aliphatic rings. The fourth-order valence-electron chi connectivity index (χ4n) is 3.59. The highest BCUT2D eigenvalue weighted by Crippen LogP contribution is 2.28. The van der Waals surface area contributed by atoms with Crippen LogP contribution in [-0.4, -0.2) is 39.6 Å². The van der Waals surface area contributed by atoms with Crippen LogP contribution in [0.15, 0.2) is 65.3 Å². The zero-order valence-electron chi connectivity index (χ0n) is 20.3. The van der Waals surface area contributed by atoms with Crippen molar-refractivity contribution in [2.45, 2.75) is 19.9 Å². The number of aryl methyl sites for hydroxylation is 1. The number of halogens is 1. The summed E-state index contributed by atoms with van der Waals surface area (Å²) in [6.45, 7) is 3.64. The normalized spacial score (nSPS) is 11.8. The standard InChI is InChI=1S/C26H26BrN5O4/c1-15(2)23(25(34)35-4)31-24(33)21-14-19(11-12-28-21)36-18-9-10-22-20(13-18)30-26(32(22)3)29-17-7-5-16(27)6-8-17/h5-15,23H,1-4H3,(H,29,30)(H,31,33)/t23-/m0/s1. The van der Waals surface area contributed by atoms with E-state index in [1.165, 1.54) is 19.4 Å². The molecule has 0 aliphatic heterocycles. The third kappa shape index (κ3) is 5.65. The number of methoxy groups -OCH3 is 1. The molecule has 9 nitrogen and oxygen atoms in total. The molecule has 0 saturated heterocycles. The summed E-state index contributed by atoms with van der Waals surface area (Å²) in [5.74, 6) is 0.532. The smallest absolute Gasteiger partial charge is 0.328 e. The number of esters is 1. The lowest BCUT2D eigenvalue weighted by molar-refractivity contribution is -0.144. The van der Waals surface area contributed by atoms with Crippen LogP contribution in [0.3, 0.4) is 0 Å². The molecule has 2 aromatic carbocycles. The van der Waals surface area contributed by atoms with E-state index in [0.717, 1.165) is 21.2 Å². The number of anilines is 2. The summed E-state index contributed by atoms with van der Waals surface area (Å²) in [5.41, 5.74) is 2.73. The molecule has 36 heavy (non-hydrogen) atoms. The predicted molar refractivity (Wildman–Crippen MR) is 141 cm³/mol. The lowest BCUT2D eigenvalue weighted by atomic mass is 10.0. The van der Waals surface area contributed by atoms with Crippen LogP contribution in [0, 0.1) is 5.92 Å². The largest absolute Gasteiger partial charge is 0.467 e. The van der Waals surface area contributed by atoms with E-state index in [4.69, 9.17) is 14.5 Å². The second kappa shape index (κ2) is 10.8.